The van der Waals surface area contributed by atoms with Crippen molar-refractivity contribution >= 4 is 21.4 Å². The van der Waals surface area contributed by atoms with Crippen LogP contribution in [0.4, 0.5) is 0 Å². The van der Waals surface area contributed by atoms with Crippen LogP contribution in [0.2, 0.25) is 0 Å². The zero-order valence-electron chi connectivity index (χ0n) is 13.7. The van der Waals surface area contributed by atoms with Gasteiger partial charge in [0.1, 0.15) is 0 Å². The van der Waals surface area contributed by atoms with Gasteiger partial charge in [-0.05, 0) is 57.8 Å². The maximum Gasteiger partial charge on any atom is 0.240 e. The molecule has 2 aromatic carbocycles. The van der Waals surface area contributed by atoms with Crippen LogP contribution in [0.25, 0.3) is 11.1 Å². The summed E-state index contributed by atoms with van der Waals surface area (Å²) >= 11 is 1.61. The van der Waals surface area contributed by atoms with Crippen LogP contribution in [0.15, 0.2) is 70.3 Å². The van der Waals surface area contributed by atoms with Gasteiger partial charge in [-0.3, -0.25) is 0 Å². The minimum absolute atomic E-state index is 0.0523. The Kier molecular flexibility index (Phi) is 5.49. The molecule has 0 aliphatic heterocycles. The number of nitrogens with zero attached hydrogens (tertiary/aromatic N) is 1. The van der Waals surface area contributed by atoms with Crippen LogP contribution in [0, 0.1) is 11.3 Å². The van der Waals surface area contributed by atoms with Gasteiger partial charge in [-0.25, -0.2) is 13.1 Å². The number of nitriles is 1. The smallest absolute Gasteiger partial charge is 0.240 e. The van der Waals surface area contributed by atoms with Crippen LogP contribution < -0.4 is 4.72 Å². The Morgan fingerprint density at radius 2 is 1.73 bits per heavy atom. The summed E-state index contributed by atoms with van der Waals surface area (Å²) in [4.78, 5) is 0.0523. The normalized spacial score (nSPS) is 12.5. The second-order valence-corrected chi connectivity index (χ2v) is 8.18. The highest BCUT2D eigenvalue weighted by atomic mass is 32.2. The standard InChI is InChI=1S/C19H16N2O3S2/c20-11-14-1-7-18(8-2-14)26(23,24)21-12-19(22)16-5-3-15(4-6-16)17-9-10-25-13-17/h1-10,13,19,21-22H,12H2. The average molecular weight is 384 g/mol. The molecule has 1 atom stereocenters. The summed E-state index contributed by atoms with van der Waals surface area (Å²) in [5.41, 5.74) is 3.17. The number of thiophene rings is 1. The van der Waals surface area contributed by atoms with Crippen molar-refractivity contribution in [1.82, 2.24) is 4.72 Å². The highest BCUT2D eigenvalue weighted by Crippen LogP contribution is 2.24. The summed E-state index contributed by atoms with van der Waals surface area (Å²) in [6, 6.07) is 16.9. The van der Waals surface area contributed by atoms with Gasteiger partial charge >= 0.3 is 0 Å². The maximum absolute atomic E-state index is 12.3. The molecule has 26 heavy (non-hydrogen) atoms. The molecule has 0 aliphatic carbocycles. The molecular weight excluding hydrogens is 368 g/mol. The SMILES string of the molecule is N#Cc1ccc(S(=O)(=O)NCC(O)c2ccc(-c3ccsc3)cc2)cc1. The van der Waals surface area contributed by atoms with Gasteiger partial charge in [0.15, 0.2) is 0 Å². The molecule has 0 saturated heterocycles. The van der Waals surface area contributed by atoms with E-state index in [0.29, 0.717) is 11.1 Å². The highest BCUT2D eigenvalue weighted by Gasteiger charge is 2.17. The summed E-state index contributed by atoms with van der Waals surface area (Å²) in [5.74, 6) is 0. The summed E-state index contributed by atoms with van der Waals surface area (Å²) in [7, 11) is -3.75. The van der Waals surface area contributed by atoms with Gasteiger partial charge in [0.05, 0.1) is 22.6 Å². The van der Waals surface area contributed by atoms with E-state index in [2.05, 4.69) is 4.72 Å². The van der Waals surface area contributed by atoms with Crippen LogP contribution in [0.3, 0.4) is 0 Å². The van der Waals surface area contributed by atoms with Crippen LogP contribution >= 0.6 is 11.3 Å². The third-order valence-corrected chi connectivity index (χ3v) is 6.03. The molecule has 132 valence electrons. The Morgan fingerprint density at radius 1 is 1.04 bits per heavy atom. The van der Waals surface area contributed by atoms with Gasteiger partial charge in [-0.15, -0.1) is 0 Å². The Labute approximate surface area is 156 Å². The monoisotopic (exact) mass is 384 g/mol. The zero-order chi connectivity index (χ0) is 18.6. The Morgan fingerprint density at radius 3 is 2.31 bits per heavy atom. The van der Waals surface area contributed by atoms with E-state index >= 15 is 0 Å². The van der Waals surface area contributed by atoms with Crippen molar-refractivity contribution < 1.29 is 13.5 Å². The van der Waals surface area contributed by atoms with E-state index in [1.165, 1.54) is 24.3 Å². The molecule has 1 unspecified atom stereocenters. The van der Waals surface area contributed by atoms with Crippen molar-refractivity contribution in [2.24, 2.45) is 0 Å². The number of aliphatic hydroxyl groups excluding tert-OH is 1. The van der Waals surface area contributed by atoms with Crippen LogP contribution in [-0.2, 0) is 10.0 Å². The van der Waals surface area contributed by atoms with Gasteiger partial charge in [0, 0.05) is 6.54 Å². The lowest BCUT2D eigenvalue weighted by Crippen LogP contribution is -2.28. The quantitative estimate of drug-likeness (QED) is 0.682. The molecule has 3 rings (SSSR count). The average Bonchev–Trinajstić information content (AvgIpc) is 3.21. The fourth-order valence-electron chi connectivity index (χ4n) is 2.42. The van der Waals surface area contributed by atoms with Crippen LogP contribution in [0.1, 0.15) is 17.2 Å². The van der Waals surface area contributed by atoms with E-state index in [1.807, 2.05) is 35.0 Å². The molecule has 0 aliphatic rings. The lowest BCUT2D eigenvalue weighted by atomic mass is 10.0. The molecule has 7 heteroatoms. The van der Waals surface area contributed by atoms with Crippen molar-refractivity contribution in [3.8, 4) is 17.2 Å². The van der Waals surface area contributed by atoms with Gasteiger partial charge in [0.2, 0.25) is 10.0 Å². The fourth-order valence-corrected chi connectivity index (χ4v) is 4.13. The summed E-state index contributed by atoms with van der Waals surface area (Å²) in [6.07, 6.45) is -0.959. The van der Waals surface area contributed by atoms with E-state index < -0.39 is 16.1 Å². The maximum atomic E-state index is 12.3. The number of rotatable bonds is 6. The van der Waals surface area contributed by atoms with Gasteiger partial charge in [-0.2, -0.15) is 16.6 Å². The highest BCUT2D eigenvalue weighted by molar-refractivity contribution is 7.89. The van der Waals surface area contributed by atoms with Crippen LogP contribution in [0.5, 0.6) is 0 Å². The molecule has 5 nitrogen and oxygen atoms in total. The minimum atomic E-state index is -3.75. The molecule has 2 N–H and O–H groups in total. The first-order chi connectivity index (χ1) is 12.5. The van der Waals surface area contributed by atoms with Crippen molar-refractivity contribution in [1.29, 1.82) is 5.26 Å². The Balaban J connectivity index is 1.65. The molecule has 3 aromatic rings. The second-order valence-electron chi connectivity index (χ2n) is 5.64. The van der Waals surface area contributed by atoms with Crippen molar-refractivity contribution in [3.63, 3.8) is 0 Å². The Bertz CT molecular complexity index is 1000. The van der Waals surface area contributed by atoms with Gasteiger partial charge in [-0.1, -0.05) is 24.3 Å². The lowest BCUT2D eigenvalue weighted by Gasteiger charge is -2.13. The summed E-state index contributed by atoms with van der Waals surface area (Å²) in [5, 5.41) is 23.1. The molecule has 0 radical (unpaired) electrons. The first kappa shape index (κ1) is 18.3. The molecular formula is C19H16N2O3S2. The molecule has 0 amide bonds. The number of nitrogens with one attached hydrogen (secondary N) is 1. The Hall–Kier alpha value is -2.50. The number of sulfonamides is 1. The minimum Gasteiger partial charge on any atom is -0.387 e. The summed E-state index contributed by atoms with van der Waals surface area (Å²) in [6.45, 7) is -0.139. The van der Waals surface area contributed by atoms with E-state index in [1.54, 1.807) is 23.5 Å². The topological polar surface area (TPSA) is 90.2 Å². The lowest BCUT2D eigenvalue weighted by molar-refractivity contribution is 0.182. The third-order valence-electron chi connectivity index (χ3n) is 3.91. The van der Waals surface area contributed by atoms with Crippen molar-refractivity contribution in [2.45, 2.75) is 11.0 Å². The fraction of sp³-hybridized carbons (Fsp3) is 0.105. The predicted octanol–water partition coefficient (Wildman–Crippen LogP) is 3.30. The molecule has 0 saturated carbocycles. The van der Waals surface area contributed by atoms with Crippen molar-refractivity contribution in [3.05, 3.63) is 76.5 Å². The predicted molar refractivity (Wildman–Crippen MR) is 101 cm³/mol. The van der Waals surface area contributed by atoms with Gasteiger partial charge < -0.3 is 5.11 Å². The first-order valence-electron chi connectivity index (χ1n) is 7.80. The molecule has 1 aromatic heterocycles. The molecule has 0 spiro atoms. The number of aliphatic hydroxyl groups is 1. The summed E-state index contributed by atoms with van der Waals surface area (Å²) < 4.78 is 26.9. The zero-order valence-corrected chi connectivity index (χ0v) is 15.3. The third kappa shape index (κ3) is 4.18. The second kappa shape index (κ2) is 7.81. The number of benzene rings is 2. The first-order valence-corrected chi connectivity index (χ1v) is 10.2. The number of hydrogen-bond donors (Lipinski definition) is 2. The van der Waals surface area contributed by atoms with Gasteiger partial charge in [0.25, 0.3) is 0 Å². The largest absolute Gasteiger partial charge is 0.387 e. The van der Waals surface area contributed by atoms with E-state index in [-0.39, 0.29) is 11.4 Å². The van der Waals surface area contributed by atoms with E-state index in [0.717, 1.165) is 11.1 Å². The molecule has 0 fully saturated rings. The van der Waals surface area contributed by atoms with Crippen LogP contribution in [-0.4, -0.2) is 20.1 Å². The molecule has 0 bridgehead atoms. The van der Waals surface area contributed by atoms with E-state index in [9.17, 15) is 13.5 Å². The van der Waals surface area contributed by atoms with Crippen molar-refractivity contribution in [2.75, 3.05) is 6.54 Å². The molecule has 1 heterocycles. The van der Waals surface area contributed by atoms with E-state index in [4.69, 9.17) is 5.26 Å². The number of hydrogen-bond acceptors (Lipinski definition) is 5.